The molecule has 0 aliphatic carbocycles. The van der Waals surface area contributed by atoms with Gasteiger partial charge in [0.25, 0.3) is 0 Å². The van der Waals surface area contributed by atoms with Crippen LogP contribution in [0.4, 0.5) is 0 Å². The van der Waals surface area contributed by atoms with Gasteiger partial charge in [0.15, 0.2) is 23.8 Å². The summed E-state index contributed by atoms with van der Waals surface area (Å²) < 4.78 is 7.27. The first-order valence-electron chi connectivity index (χ1n) is 8.61. The number of fused-ring (bicyclic) bond motifs is 1. The van der Waals surface area contributed by atoms with E-state index in [2.05, 4.69) is 4.98 Å². The number of hydrogen-bond acceptors (Lipinski definition) is 4. The molecule has 0 unspecified atom stereocenters. The maximum Gasteiger partial charge on any atom is 0.211 e. The Morgan fingerprint density at radius 3 is 2.29 bits per heavy atom. The van der Waals surface area contributed by atoms with Crippen LogP contribution in [0.3, 0.4) is 0 Å². The summed E-state index contributed by atoms with van der Waals surface area (Å²) in [6.07, 6.45) is 3.08. The number of carbonyl (C=O) groups excluding carboxylic acids is 2. The molecule has 2 aromatic heterocycles. The van der Waals surface area contributed by atoms with E-state index in [1.54, 1.807) is 65.2 Å². The van der Waals surface area contributed by atoms with Crippen molar-refractivity contribution in [3.05, 3.63) is 101 Å². The van der Waals surface area contributed by atoms with Gasteiger partial charge in [-0.3, -0.25) is 14.0 Å². The molecule has 0 aliphatic rings. The number of ether oxygens (including phenoxy) is 1. The van der Waals surface area contributed by atoms with Crippen LogP contribution in [-0.4, -0.2) is 27.6 Å². The molecule has 0 amide bonds. The molecule has 0 fully saturated rings. The molecule has 0 aliphatic heterocycles. The van der Waals surface area contributed by atoms with Crippen molar-refractivity contribution < 1.29 is 14.3 Å². The molecular formula is C22H15ClN2O3. The van der Waals surface area contributed by atoms with Crippen LogP contribution >= 0.6 is 11.6 Å². The van der Waals surface area contributed by atoms with Crippen LogP contribution in [-0.2, 0) is 0 Å². The van der Waals surface area contributed by atoms with Gasteiger partial charge in [0.2, 0.25) is 5.78 Å². The highest BCUT2D eigenvalue weighted by Crippen LogP contribution is 2.26. The van der Waals surface area contributed by atoms with Gasteiger partial charge < -0.3 is 4.74 Å². The summed E-state index contributed by atoms with van der Waals surface area (Å²) in [6, 6.07) is 19.4. The average Bonchev–Trinajstić information content (AvgIpc) is 3.16. The molecule has 4 aromatic rings. The zero-order valence-electron chi connectivity index (χ0n) is 14.7. The molecule has 0 N–H and O–H groups in total. The van der Waals surface area contributed by atoms with E-state index in [0.717, 1.165) is 0 Å². The molecule has 2 heterocycles. The first-order valence-corrected chi connectivity index (χ1v) is 8.98. The SMILES string of the molecule is O=C(COc1cc(Cl)cn2c(C(=O)c3ccccc3)cnc12)c1ccccc1. The van der Waals surface area contributed by atoms with Gasteiger partial charge in [0, 0.05) is 23.4 Å². The number of rotatable bonds is 6. The average molecular weight is 391 g/mol. The molecule has 0 spiro atoms. The lowest BCUT2D eigenvalue weighted by Crippen LogP contribution is -2.12. The zero-order chi connectivity index (χ0) is 19.5. The summed E-state index contributed by atoms with van der Waals surface area (Å²) in [4.78, 5) is 29.4. The van der Waals surface area contributed by atoms with Gasteiger partial charge in [-0.25, -0.2) is 4.98 Å². The first-order chi connectivity index (χ1) is 13.6. The Hall–Kier alpha value is -3.44. The Labute approximate surface area is 166 Å². The van der Waals surface area contributed by atoms with Gasteiger partial charge >= 0.3 is 0 Å². The van der Waals surface area contributed by atoms with E-state index in [1.807, 2.05) is 12.1 Å². The van der Waals surface area contributed by atoms with Gasteiger partial charge in [-0.1, -0.05) is 72.3 Å². The van der Waals surface area contributed by atoms with Crippen molar-refractivity contribution in [1.29, 1.82) is 0 Å². The van der Waals surface area contributed by atoms with Crippen molar-refractivity contribution in [2.24, 2.45) is 0 Å². The van der Waals surface area contributed by atoms with Crippen LogP contribution in [0.2, 0.25) is 5.02 Å². The molecule has 6 heteroatoms. The number of nitrogens with zero attached hydrogens (tertiary/aromatic N) is 2. The van der Waals surface area contributed by atoms with E-state index >= 15 is 0 Å². The largest absolute Gasteiger partial charge is 0.481 e. The molecule has 2 aromatic carbocycles. The standard InChI is InChI=1S/C22H15ClN2O3/c23-17-11-20(28-14-19(26)15-7-3-1-4-8-15)22-24-12-18(25(22)13-17)21(27)16-9-5-2-6-10-16/h1-13H,14H2. The maximum atomic E-state index is 12.8. The van der Waals surface area contributed by atoms with Crippen LogP contribution in [0.25, 0.3) is 5.65 Å². The molecule has 4 rings (SSSR count). The van der Waals surface area contributed by atoms with E-state index < -0.39 is 0 Å². The summed E-state index contributed by atoms with van der Waals surface area (Å²) >= 11 is 6.21. The lowest BCUT2D eigenvalue weighted by atomic mass is 10.1. The fourth-order valence-electron chi connectivity index (χ4n) is 2.89. The number of carbonyl (C=O) groups is 2. The van der Waals surface area contributed by atoms with Gasteiger partial charge in [0.05, 0.1) is 11.2 Å². The first kappa shape index (κ1) is 17.9. The molecule has 138 valence electrons. The molecule has 5 nitrogen and oxygen atoms in total. The number of hydrogen-bond donors (Lipinski definition) is 0. The van der Waals surface area contributed by atoms with E-state index in [4.69, 9.17) is 16.3 Å². The summed E-state index contributed by atoms with van der Waals surface area (Å²) in [5.74, 6) is -0.00330. The lowest BCUT2D eigenvalue weighted by Gasteiger charge is -2.09. The summed E-state index contributed by atoms with van der Waals surface area (Å²) in [5, 5.41) is 0.370. The number of pyridine rings is 1. The van der Waals surface area contributed by atoms with Gasteiger partial charge in [-0.05, 0) is 0 Å². The van der Waals surface area contributed by atoms with Gasteiger partial charge in [0.1, 0.15) is 5.69 Å². The minimum Gasteiger partial charge on any atom is -0.481 e. The number of benzene rings is 2. The van der Waals surface area contributed by atoms with Crippen LogP contribution in [0, 0.1) is 0 Å². The van der Waals surface area contributed by atoms with E-state index in [0.29, 0.717) is 33.2 Å². The molecule has 0 saturated carbocycles. The Morgan fingerprint density at radius 2 is 1.61 bits per heavy atom. The van der Waals surface area contributed by atoms with Crippen molar-refractivity contribution in [2.75, 3.05) is 6.61 Å². The van der Waals surface area contributed by atoms with Crippen LogP contribution in [0.1, 0.15) is 26.4 Å². The third-order valence-electron chi connectivity index (χ3n) is 4.26. The number of ketones is 2. The smallest absolute Gasteiger partial charge is 0.211 e. The second-order valence-corrected chi connectivity index (χ2v) is 6.57. The van der Waals surface area contributed by atoms with Crippen molar-refractivity contribution in [1.82, 2.24) is 9.38 Å². The predicted molar refractivity (Wildman–Crippen MR) is 106 cm³/mol. The summed E-state index contributed by atoms with van der Waals surface area (Å²) in [6.45, 7) is -0.158. The Kier molecular flexibility index (Phi) is 4.91. The van der Waals surface area contributed by atoms with Crippen molar-refractivity contribution in [3.63, 3.8) is 0 Å². The minimum atomic E-state index is -0.179. The fourth-order valence-corrected chi connectivity index (χ4v) is 3.08. The highest BCUT2D eigenvalue weighted by molar-refractivity contribution is 6.30. The molecule has 0 saturated heterocycles. The third kappa shape index (κ3) is 3.52. The normalized spacial score (nSPS) is 10.8. The third-order valence-corrected chi connectivity index (χ3v) is 4.47. The van der Waals surface area contributed by atoms with Crippen molar-refractivity contribution in [3.8, 4) is 5.75 Å². The molecular weight excluding hydrogens is 376 g/mol. The van der Waals surface area contributed by atoms with Crippen LogP contribution in [0.5, 0.6) is 5.75 Å². The van der Waals surface area contributed by atoms with Gasteiger partial charge in [-0.2, -0.15) is 0 Å². The van der Waals surface area contributed by atoms with Gasteiger partial charge in [-0.15, -0.1) is 0 Å². The van der Waals surface area contributed by atoms with Crippen LogP contribution < -0.4 is 4.74 Å². The second-order valence-electron chi connectivity index (χ2n) is 6.13. The highest BCUT2D eigenvalue weighted by Gasteiger charge is 2.18. The minimum absolute atomic E-state index is 0.158. The van der Waals surface area contributed by atoms with Crippen LogP contribution in [0.15, 0.2) is 79.1 Å². The zero-order valence-corrected chi connectivity index (χ0v) is 15.5. The summed E-state index contributed by atoms with van der Waals surface area (Å²) in [7, 11) is 0. The number of Topliss-reactive ketones (excluding diaryl/α,β-unsaturated/α-hetero) is 1. The number of aromatic nitrogens is 2. The maximum absolute atomic E-state index is 12.8. The monoisotopic (exact) mass is 390 g/mol. The number of halogens is 1. The Morgan fingerprint density at radius 1 is 0.964 bits per heavy atom. The molecule has 28 heavy (non-hydrogen) atoms. The van der Waals surface area contributed by atoms with E-state index in [9.17, 15) is 9.59 Å². The summed E-state index contributed by atoms with van der Waals surface area (Å²) in [5.41, 5.74) is 1.89. The van der Waals surface area contributed by atoms with Crippen molar-refractivity contribution in [2.45, 2.75) is 0 Å². The van der Waals surface area contributed by atoms with E-state index in [1.165, 1.54) is 6.20 Å². The molecule has 0 bridgehead atoms. The fraction of sp³-hybridized carbons (Fsp3) is 0.0455. The quantitative estimate of drug-likeness (QED) is 0.455. The molecule has 0 radical (unpaired) electrons. The number of imidazole rings is 1. The molecule has 0 atom stereocenters. The Balaban J connectivity index is 1.64. The Bertz CT molecular complexity index is 1150. The topological polar surface area (TPSA) is 60.7 Å². The second kappa shape index (κ2) is 7.66. The predicted octanol–water partition coefficient (Wildman–Crippen LogP) is 4.48. The van der Waals surface area contributed by atoms with Crippen molar-refractivity contribution >= 4 is 28.8 Å². The lowest BCUT2D eigenvalue weighted by molar-refractivity contribution is 0.0921. The highest BCUT2D eigenvalue weighted by atomic mass is 35.5. The van der Waals surface area contributed by atoms with E-state index in [-0.39, 0.29) is 18.2 Å².